The Hall–Kier alpha value is -1.79. The van der Waals surface area contributed by atoms with Crippen LogP contribution in [0.25, 0.3) is 0 Å². The van der Waals surface area contributed by atoms with Gasteiger partial charge in [0.25, 0.3) is 5.91 Å². The van der Waals surface area contributed by atoms with Gasteiger partial charge in [-0.25, -0.2) is 9.37 Å². The second-order valence-electron chi connectivity index (χ2n) is 6.03. The molecule has 1 atom stereocenters. The molecule has 0 saturated carbocycles. The Bertz CT molecular complexity index is 685. The van der Waals surface area contributed by atoms with E-state index in [0.717, 1.165) is 30.2 Å². The van der Waals surface area contributed by atoms with Gasteiger partial charge in [0.2, 0.25) is 0 Å². The SMILES string of the molecule is CC1CN(C)CCN1C(=O)c1cnc(Cc2ccc(F)cc2)s1. The van der Waals surface area contributed by atoms with E-state index in [1.165, 1.54) is 23.5 Å². The zero-order valence-corrected chi connectivity index (χ0v) is 14.1. The Morgan fingerprint density at radius 1 is 1.35 bits per heavy atom. The number of thiazole rings is 1. The van der Waals surface area contributed by atoms with Crippen molar-refractivity contribution in [3.63, 3.8) is 0 Å². The minimum Gasteiger partial charge on any atom is -0.333 e. The van der Waals surface area contributed by atoms with Gasteiger partial charge >= 0.3 is 0 Å². The number of carbonyl (C=O) groups is 1. The highest BCUT2D eigenvalue weighted by Gasteiger charge is 2.27. The molecular formula is C17H20FN3OS. The van der Waals surface area contributed by atoms with Crippen molar-refractivity contribution in [2.45, 2.75) is 19.4 Å². The Balaban J connectivity index is 1.68. The number of benzene rings is 1. The summed E-state index contributed by atoms with van der Waals surface area (Å²) in [6, 6.07) is 6.60. The first kappa shape index (κ1) is 16.1. The first-order valence-electron chi connectivity index (χ1n) is 7.71. The van der Waals surface area contributed by atoms with Crippen LogP contribution in [0.15, 0.2) is 30.5 Å². The maximum atomic E-state index is 12.9. The molecule has 6 heteroatoms. The van der Waals surface area contributed by atoms with Gasteiger partial charge in [-0.05, 0) is 31.7 Å². The Morgan fingerprint density at radius 3 is 2.78 bits per heavy atom. The Labute approximate surface area is 139 Å². The molecule has 1 fully saturated rings. The van der Waals surface area contributed by atoms with E-state index in [2.05, 4.69) is 23.9 Å². The highest BCUT2D eigenvalue weighted by molar-refractivity contribution is 7.13. The van der Waals surface area contributed by atoms with Crippen molar-refractivity contribution in [1.82, 2.24) is 14.8 Å². The summed E-state index contributed by atoms with van der Waals surface area (Å²) in [6.45, 7) is 4.63. The molecule has 1 aliphatic rings. The number of halogens is 1. The molecule has 122 valence electrons. The van der Waals surface area contributed by atoms with E-state index in [0.29, 0.717) is 11.3 Å². The van der Waals surface area contributed by atoms with Crippen LogP contribution in [0.2, 0.25) is 0 Å². The number of rotatable bonds is 3. The quantitative estimate of drug-likeness (QED) is 0.866. The highest BCUT2D eigenvalue weighted by atomic mass is 32.1. The molecule has 23 heavy (non-hydrogen) atoms. The Kier molecular flexibility index (Phi) is 4.73. The predicted octanol–water partition coefficient (Wildman–Crippen LogP) is 2.65. The van der Waals surface area contributed by atoms with Crippen LogP contribution in [0.5, 0.6) is 0 Å². The van der Waals surface area contributed by atoms with Gasteiger partial charge in [0, 0.05) is 32.1 Å². The average molecular weight is 333 g/mol. The fraction of sp³-hybridized carbons (Fsp3) is 0.412. The first-order chi connectivity index (χ1) is 11.0. The number of aromatic nitrogens is 1. The summed E-state index contributed by atoms with van der Waals surface area (Å²) in [5.74, 6) is -0.179. The van der Waals surface area contributed by atoms with Crippen molar-refractivity contribution in [1.29, 1.82) is 0 Å². The van der Waals surface area contributed by atoms with Gasteiger partial charge in [-0.1, -0.05) is 12.1 Å². The van der Waals surface area contributed by atoms with Crippen molar-refractivity contribution in [3.05, 3.63) is 51.7 Å². The van der Waals surface area contributed by atoms with E-state index < -0.39 is 0 Å². The lowest BCUT2D eigenvalue weighted by molar-refractivity contribution is 0.0538. The molecule has 0 aliphatic carbocycles. The molecule has 0 spiro atoms. The van der Waals surface area contributed by atoms with Crippen molar-refractivity contribution >= 4 is 17.2 Å². The van der Waals surface area contributed by atoms with Gasteiger partial charge < -0.3 is 9.80 Å². The third-order valence-corrected chi connectivity index (χ3v) is 5.11. The first-order valence-corrected chi connectivity index (χ1v) is 8.53. The fourth-order valence-electron chi connectivity index (χ4n) is 2.85. The van der Waals surface area contributed by atoms with Crippen LogP contribution in [0.1, 0.15) is 27.2 Å². The average Bonchev–Trinajstić information content (AvgIpc) is 2.97. The van der Waals surface area contributed by atoms with Crippen LogP contribution in [-0.2, 0) is 6.42 Å². The summed E-state index contributed by atoms with van der Waals surface area (Å²) >= 11 is 1.43. The number of hydrogen-bond acceptors (Lipinski definition) is 4. The molecule has 2 heterocycles. The number of likely N-dealkylation sites (N-methyl/N-ethyl adjacent to an activating group) is 1. The summed E-state index contributed by atoms with van der Waals surface area (Å²) in [4.78, 5) is 21.9. The molecule has 4 nitrogen and oxygen atoms in total. The second kappa shape index (κ2) is 6.76. The van der Waals surface area contributed by atoms with Gasteiger partial charge in [0.15, 0.2) is 0 Å². The lowest BCUT2D eigenvalue weighted by Crippen LogP contribution is -2.52. The normalized spacial score (nSPS) is 19.1. The molecule has 0 radical (unpaired) electrons. The third-order valence-electron chi connectivity index (χ3n) is 4.12. The fourth-order valence-corrected chi connectivity index (χ4v) is 3.76. The molecule has 1 saturated heterocycles. The van der Waals surface area contributed by atoms with Crippen molar-refractivity contribution in [2.75, 3.05) is 26.7 Å². The van der Waals surface area contributed by atoms with Crippen LogP contribution in [0.4, 0.5) is 4.39 Å². The van der Waals surface area contributed by atoms with E-state index in [1.807, 2.05) is 4.90 Å². The smallest absolute Gasteiger partial charge is 0.265 e. The number of nitrogens with zero attached hydrogens (tertiary/aromatic N) is 3. The maximum absolute atomic E-state index is 12.9. The molecule has 1 aromatic carbocycles. The standard InChI is InChI=1S/C17H20FN3OS/c1-12-11-20(2)7-8-21(12)17(22)15-10-19-16(23-15)9-13-3-5-14(18)6-4-13/h3-6,10,12H,7-9,11H2,1-2H3. The van der Waals surface area contributed by atoms with Crippen LogP contribution >= 0.6 is 11.3 Å². The highest BCUT2D eigenvalue weighted by Crippen LogP contribution is 2.21. The predicted molar refractivity (Wildman–Crippen MR) is 89.3 cm³/mol. The van der Waals surface area contributed by atoms with Crippen molar-refractivity contribution in [2.24, 2.45) is 0 Å². The van der Waals surface area contributed by atoms with Crippen molar-refractivity contribution in [3.8, 4) is 0 Å². The second-order valence-corrected chi connectivity index (χ2v) is 7.15. The molecule has 1 unspecified atom stereocenters. The van der Waals surface area contributed by atoms with Gasteiger partial charge in [0.05, 0.1) is 11.2 Å². The summed E-state index contributed by atoms with van der Waals surface area (Å²) in [7, 11) is 2.08. The molecular weight excluding hydrogens is 313 g/mol. The van der Waals surface area contributed by atoms with Crippen LogP contribution < -0.4 is 0 Å². The molecule has 0 N–H and O–H groups in total. The van der Waals surface area contributed by atoms with E-state index in [4.69, 9.17) is 0 Å². The minimum atomic E-state index is -0.243. The number of piperazine rings is 1. The molecule has 0 bridgehead atoms. The Morgan fingerprint density at radius 2 is 2.09 bits per heavy atom. The number of carbonyl (C=O) groups excluding carboxylic acids is 1. The molecule has 1 aliphatic heterocycles. The van der Waals surface area contributed by atoms with Crippen LogP contribution in [0, 0.1) is 5.82 Å². The molecule has 3 rings (SSSR count). The van der Waals surface area contributed by atoms with Crippen LogP contribution in [-0.4, -0.2) is 53.4 Å². The lowest BCUT2D eigenvalue weighted by atomic mass is 10.2. The third kappa shape index (κ3) is 3.76. The monoisotopic (exact) mass is 333 g/mol. The van der Waals surface area contributed by atoms with E-state index in [9.17, 15) is 9.18 Å². The molecule has 1 amide bonds. The summed E-state index contributed by atoms with van der Waals surface area (Å²) in [5.41, 5.74) is 0.993. The number of hydrogen-bond donors (Lipinski definition) is 0. The summed E-state index contributed by atoms with van der Waals surface area (Å²) < 4.78 is 12.9. The topological polar surface area (TPSA) is 36.4 Å². The van der Waals surface area contributed by atoms with E-state index in [1.54, 1.807) is 18.3 Å². The minimum absolute atomic E-state index is 0.0634. The largest absolute Gasteiger partial charge is 0.333 e. The molecule has 1 aromatic heterocycles. The molecule has 2 aromatic rings. The van der Waals surface area contributed by atoms with Gasteiger partial charge in [-0.15, -0.1) is 11.3 Å². The van der Waals surface area contributed by atoms with Gasteiger partial charge in [-0.2, -0.15) is 0 Å². The summed E-state index contributed by atoms with van der Waals surface area (Å²) in [6.07, 6.45) is 2.29. The zero-order valence-electron chi connectivity index (χ0n) is 13.3. The lowest BCUT2D eigenvalue weighted by Gasteiger charge is -2.37. The van der Waals surface area contributed by atoms with E-state index in [-0.39, 0.29) is 17.8 Å². The summed E-state index contributed by atoms with van der Waals surface area (Å²) in [5, 5.41) is 0.877. The van der Waals surface area contributed by atoms with Gasteiger partial charge in [0.1, 0.15) is 10.7 Å². The van der Waals surface area contributed by atoms with E-state index >= 15 is 0 Å². The number of amides is 1. The van der Waals surface area contributed by atoms with Gasteiger partial charge in [-0.3, -0.25) is 4.79 Å². The zero-order chi connectivity index (χ0) is 16.4. The van der Waals surface area contributed by atoms with Crippen LogP contribution in [0.3, 0.4) is 0 Å². The maximum Gasteiger partial charge on any atom is 0.265 e. The van der Waals surface area contributed by atoms with Crippen molar-refractivity contribution < 1.29 is 9.18 Å².